The molecule has 4 aromatic carbocycles. The van der Waals surface area contributed by atoms with Crippen LogP contribution < -0.4 is 14.4 Å². The number of hydrogen-bond donors (Lipinski definition) is 1. The molecule has 0 aliphatic rings. The molecule has 4 rings (SSSR count). The first kappa shape index (κ1) is 21.4. The summed E-state index contributed by atoms with van der Waals surface area (Å²) in [4.78, 5) is 13.1. The zero-order valence-electron chi connectivity index (χ0n) is 17.6. The van der Waals surface area contributed by atoms with Gasteiger partial charge in [-0.2, -0.15) is 0 Å². The van der Waals surface area contributed by atoms with E-state index in [1.807, 2.05) is 30.3 Å². The fraction of sp³-hybridized carbons (Fsp3) is 0.0800. The molecule has 0 bridgehead atoms. The highest BCUT2D eigenvalue weighted by molar-refractivity contribution is 7.92. The molecule has 0 aromatic heterocycles. The Morgan fingerprint density at radius 1 is 0.844 bits per heavy atom. The number of para-hydroxylation sites is 1. The number of ether oxygens (including phenoxy) is 1. The molecule has 7 heteroatoms. The fourth-order valence-corrected chi connectivity index (χ4v) is 4.68. The predicted molar refractivity (Wildman–Crippen MR) is 127 cm³/mol. The van der Waals surface area contributed by atoms with Crippen LogP contribution in [0.2, 0.25) is 0 Å². The second-order valence-electron chi connectivity index (χ2n) is 7.19. The van der Waals surface area contributed by atoms with Gasteiger partial charge in [0, 0.05) is 12.7 Å². The number of methoxy groups -OCH3 is 1. The van der Waals surface area contributed by atoms with Gasteiger partial charge in [-0.25, -0.2) is 8.42 Å². The number of carbonyl (C=O) groups excluding carboxylic acids is 1. The second kappa shape index (κ2) is 8.72. The third-order valence-electron chi connectivity index (χ3n) is 5.18. The van der Waals surface area contributed by atoms with Crippen molar-refractivity contribution >= 4 is 38.1 Å². The van der Waals surface area contributed by atoms with Gasteiger partial charge < -0.3 is 10.1 Å². The Morgan fingerprint density at radius 2 is 1.50 bits per heavy atom. The van der Waals surface area contributed by atoms with Gasteiger partial charge in [0.1, 0.15) is 5.75 Å². The maximum Gasteiger partial charge on any atom is 0.264 e. The van der Waals surface area contributed by atoms with E-state index in [9.17, 15) is 13.2 Å². The quantitative estimate of drug-likeness (QED) is 0.456. The lowest BCUT2D eigenvalue weighted by molar-refractivity contribution is 0.102. The molecule has 1 amide bonds. The molecule has 0 spiro atoms. The Labute approximate surface area is 187 Å². The third kappa shape index (κ3) is 4.15. The summed E-state index contributed by atoms with van der Waals surface area (Å²) in [7, 11) is -0.796. The first-order valence-corrected chi connectivity index (χ1v) is 11.4. The number of amides is 1. The van der Waals surface area contributed by atoms with Gasteiger partial charge in [-0.15, -0.1) is 0 Å². The van der Waals surface area contributed by atoms with Crippen molar-refractivity contribution in [3.05, 3.63) is 96.6 Å². The largest absolute Gasteiger partial charge is 0.496 e. The zero-order valence-corrected chi connectivity index (χ0v) is 18.5. The molecule has 32 heavy (non-hydrogen) atoms. The summed E-state index contributed by atoms with van der Waals surface area (Å²) in [5.74, 6) is 0.0485. The average molecular weight is 447 g/mol. The normalized spacial score (nSPS) is 11.2. The monoisotopic (exact) mass is 446 g/mol. The Bertz CT molecular complexity index is 1390. The van der Waals surface area contributed by atoms with Gasteiger partial charge in [0.15, 0.2) is 0 Å². The van der Waals surface area contributed by atoms with E-state index in [1.54, 1.807) is 48.5 Å². The maximum atomic E-state index is 13.1. The Balaban J connectivity index is 1.63. The molecule has 0 unspecified atom stereocenters. The molecule has 0 atom stereocenters. The van der Waals surface area contributed by atoms with Crippen molar-refractivity contribution in [1.82, 2.24) is 0 Å². The number of rotatable bonds is 6. The second-order valence-corrected chi connectivity index (χ2v) is 9.16. The molecular formula is C25H22N2O4S. The summed E-state index contributed by atoms with van der Waals surface area (Å²) < 4.78 is 32.8. The highest BCUT2D eigenvalue weighted by Crippen LogP contribution is 2.28. The SMILES string of the molecule is COc1cc2ccccc2cc1C(=O)Nc1cccc(S(=O)(=O)N(C)c2ccccc2)c1. The molecule has 0 saturated carbocycles. The highest BCUT2D eigenvalue weighted by Gasteiger charge is 2.22. The minimum absolute atomic E-state index is 0.0760. The van der Waals surface area contributed by atoms with Gasteiger partial charge in [-0.05, 0) is 53.2 Å². The van der Waals surface area contributed by atoms with E-state index in [2.05, 4.69) is 5.32 Å². The first-order chi connectivity index (χ1) is 15.4. The van der Waals surface area contributed by atoms with E-state index in [-0.39, 0.29) is 4.90 Å². The van der Waals surface area contributed by atoms with Gasteiger partial charge in [0.05, 0.1) is 23.3 Å². The summed E-state index contributed by atoms with van der Waals surface area (Å²) in [6, 6.07) is 26.2. The lowest BCUT2D eigenvalue weighted by atomic mass is 10.1. The van der Waals surface area contributed by atoms with Crippen LogP contribution in [0.4, 0.5) is 11.4 Å². The van der Waals surface area contributed by atoms with Crippen LogP contribution in [-0.2, 0) is 10.0 Å². The molecule has 0 heterocycles. The van der Waals surface area contributed by atoms with Gasteiger partial charge in [0.25, 0.3) is 15.9 Å². The minimum Gasteiger partial charge on any atom is -0.496 e. The number of anilines is 2. The van der Waals surface area contributed by atoms with E-state index in [4.69, 9.17) is 4.74 Å². The molecule has 162 valence electrons. The van der Waals surface area contributed by atoms with Crippen LogP contribution in [-0.4, -0.2) is 28.5 Å². The number of fused-ring (bicyclic) bond motifs is 1. The molecule has 0 aliphatic heterocycles. The minimum atomic E-state index is -3.80. The summed E-state index contributed by atoms with van der Waals surface area (Å²) in [6.07, 6.45) is 0. The molecule has 4 aromatic rings. The van der Waals surface area contributed by atoms with Crippen molar-refractivity contribution in [3.8, 4) is 5.75 Å². The number of carbonyl (C=O) groups is 1. The number of nitrogens with one attached hydrogen (secondary N) is 1. The van der Waals surface area contributed by atoms with Crippen molar-refractivity contribution in [3.63, 3.8) is 0 Å². The van der Waals surface area contributed by atoms with Crippen LogP contribution in [0.3, 0.4) is 0 Å². The third-order valence-corrected chi connectivity index (χ3v) is 6.96. The Morgan fingerprint density at radius 3 is 2.19 bits per heavy atom. The molecule has 0 radical (unpaired) electrons. The van der Waals surface area contributed by atoms with E-state index >= 15 is 0 Å². The van der Waals surface area contributed by atoms with Crippen LogP contribution in [0.25, 0.3) is 10.8 Å². The van der Waals surface area contributed by atoms with Crippen molar-refractivity contribution in [2.45, 2.75) is 4.90 Å². The zero-order chi connectivity index (χ0) is 22.7. The number of hydrogen-bond acceptors (Lipinski definition) is 4. The number of nitrogens with zero attached hydrogens (tertiary/aromatic N) is 1. The van der Waals surface area contributed by atoms with Crippen LogP contribution in [0.1, 0.15) is 10.4 Å². The van der Waals surface area contributed by atoms with Gasteiger partial charge in [-0.3, -0.25) is 9.10 Å². The average Bonchev–Trinajstić information content (AvgIpc) is 2.83. The number of benzene rings is 4. The molecule has 0 aliphatic carbocycles. The molecule has 0 saturated heterocycles. The fourth-order valence-electron chi connectivity index (χ4n) is 3.43. The van der Waals surface area contributed by atoms with Crippen molar-refractivity contribution in [2.75, 3.05) is 23.8 Å². The Kier molecular flexibility index (Phi) is 5.83. The van der Waals surface area contributed by atoms with Crippen molar-refractivity contribution < 1.29 is 17.9 Å². The van der Waals surface area contributed by atoms with Gasteiger partial charge >= 0.3 is 0 Å². The first-order valence-electron chi connectivity index (χ1n) is 9.92. The topological polar surface area (TPSA) is 75.7 Å². The van der Waals surface area contributed by atoms with Crippen LogP contribution in [0.5, 0.6) is 5.75 Å². The van der Waals surface area contributed by atoms with Gasteiger partial charge in [-0.1, -0.05) is 48.5 Å². The maximum absolute atomic E-state index is 13.1. The highest BCUT2D eigenvalue weighted by atomic mass is 32.2. The lowest BCUT2D eigenvalue weighted by Gasteiger charge is -2.20. The van der Waals surface area contributed by atoms with E-state index in [1.165, 1.54) is 30.6 Å². The van der Waals surface area contributed by atoms with E-state index in [0.717, 1.165) is 10.8 Å². The van der Waals surface area contributed by atoms with Gasteiger partial charge in [0.2, 0.25) is 0 Å². The number of sulfonamides is 1. The standard InChI is InChI=1S/C25H22N2O4S/c1-27(21-12-4-3-5-13-21)32(29,30)22-14-8-11-20(17-22)26-25(28)23-15-18-9-6-7-10-19(18)16-24(23)31-2/h3-17H,1-2H3,(H,26,28). The molecular weight excluding hydrogens is 424 g/mol. The van der Waals surface area contributed by atoms with Crippen LogP contribution in [0, 0.1) is 0 Å². The summed E-state index contributed by atoms with van der Waals surface area (Å²) in [5, 5.41) is 4.65. The summed E-state index contributed by atoms with van der Waals surface area (Å²) in [6.45, 7) is 0. The summed E-state index contributed by atoms with van der Waals surface area (Å²) >= 11 is 0. The van der Waals surface area contributed by atoms with Crippen LogP contribution >= 0.6 is 0 Å². The Hall–Kier alpha value is -3.84. The molecule has 1 N–H and O–H groups in total. The predicted octanol–water partition coefficient (Wildman–Crippen LogP) is 4.93. The molecule has 6 nitrogen and oxygen atoms in total. The summed E-state index contributed by atoms with van der Waals surface area (Å²) in [5.41, 5.74) is 1.27. The van der Waals surface area contributed by atoms with E-state index < -0.39 is 15.9 Å². The lowest BCUT2D eigenvalue weighted by Crippen LogP contribution is -2.26. The van der Waals surface area contributed by atoms with Crippen molar-refractivity contribution in [1.29, 1.82) is 0 Å². The van der Waals surface area contributed by atoms with Crippen LogP contribution in [0.15, 0.2) is 95.9 Å². The van der Waals surface area contributed by atoms with Crippen molar-refractivity contribution in [2.24, 2.45) is 0 Å². The smallest absolute Gasteiger partial charge is 0.264 e. The van der Waals surface area contributed by atoms with E-state index in [0.29, 0.717) is 22.7 Å². The molecule has 0 fully saturated rings.